The number of carboxylic acid groups (broad SMARTS) is 1. The molecule has 0 saturated carbocycles. The zero-order valence-electron chi connectivity index (χ0n) is 10.1. The number of aromatic nitrogens is 5. The molecule has 3 aromatic heterocycles. The lowest BCUT2D eigenvalue weighted by atomic mass is 10.2. The lowest BCUT2D eigenvalue weighted by molar-refractivity contribution is -0.138. The minimum atomic E-state index is -4.78. The van der Waals surface area contributed by atoms with Crippen molar-refractivity contribution in [3.05, 3.63) is 36.2 Å². The van der Waals surface area contributed by atoms with Gasteiger partial charge >= 0.3 is 12.1 Å². The molecule has 7 nitrogen and oxygen atoms in total. The van der Waals surface area contributed by atoms with E-state index in [9.17, 15) is 18.0 Å². The number of carboxylic acids is 1. The van der Waals surface area contributed by atoms with Gasteiger partial charge in [-0.3, -0.25) is 0 Å². The molecule has 3 heterocycles. The van der Waals surface area contributed by atoms with Crippen molar-refractivity contribution in [2.24, 2.45) is 0 Å². The zero-order chi connectivity index (χ0) is 15.2. The molecule has 0 atom stereocenters. The summed E-state index contributed by atoms with van der Waals surface area (Å²) in [5, 5.41) is 8.90. The molecular formula is C11H6F3N5O2. The second-order valence-electron chi connectivity index (χ2n) is 4.09. The van der Waals surface area contributed by atoms with E-state index in [2.05, 4.69) is 19.9 Å². The average molecular weight is 297 g/mol. The number of hydrogen-bond acceptors (Lipinski definition) is 4. The van der Waals surface area contributed by atoms with Gasteiger partial charge in [0.15, 0.2) is 11.5 Å². The van der Waals surface area contributed by atoms with Crippen LogP contribution in [0.2, 0.25) is 0 Å². The second kappa shape index (κ2) is 4.30. The van der Waals surface area contributed by atoms with Crippen LogP contribution < -0.4 is 0 Å². The molecule has 0 amide bonds. The summed E-state index contributed by atoms with van der Waals surface area (Å²) in [4.78, 5) is 25.2. The Balaban J connectivity index is 2.24. The van der Waals surface area contributed by atoms with Crippen LogP contribution in [0.4, 0.5) is 13.2 Å². The molecule has 0 fully saturated rings. The molecule has 0 spiro atoms. The number of aromatic amines is 1. The summed E-state index contributed by atoms with van der Waals surface area (Å²) in [5.74, 6) is -1.59. The van der Waals surface area contributed by atoms with Crippen molar-refractivity contribution in [1.82, 2.24) is 24.5 Å². The van der Waals surface area contributed by atoms with Crippen molar-refractivity contribution in [1.29, 1.82) is 0 Å². The third-order valence-electron chi connectivity index (χ3n) is 2.81. The van der Waals surface area contributed by atoms with Crippen LogP contribution in [0.3, 0.4) is 0 Å². The average Bonchev–Trinajstić information content (AvgIpc) is 3.04. The van der Waals surface area contributed by atoms with Gasteiger partial charge in [-0.15, -0.1) is 0 Å². The Morgan fingerprint density at radius 3 is 2.62 bits per heavy atom. The Morgan fingerprint density at radius 2 is 2.00 bits per heavy atom. The van der Waals surface area contributed by atoms with Crippen LogP contribution in [-0.4, -0.2) is 35.6 Å². The van der Waals surface area contributed by atoms with E-state index >= 15 is 0 Å². The normalized spacial score (nSPS) is 12.0. The van der Waals surface area contributed by atoms with Crippen molar-refractivity contribution in [3.63, 3.8) is 0 Å². The third-order valence-corrected chi connectivity index (χ3v) is 2.81. The Labute approximate surface area is 114 Å². The molecule has 0 bridgehead atoms. The lowest BCUT2D eigenvalue weighted by Crippen LogP contribution is -2.09. The molecule has 3 rings (SSSR count). The lowest BCUT2D eigenvalue weighted by Gasteiger charge is -2.04. The molecule has 0 aromatic carbocycles. The number of imidazole rings is 1. The number of fused-ring (bicyclic) bond motifs is 1. The van der Waals surface area contributed by atoms with Gasteiger partial charge in [0.1, 0.15) is 11.8 Å². The highest BCUT2D eigenvalue weighted by molar-refractivity contribution is 5.90. The highest BCUT2D eigenvalue weighted by atomic mass is 19.4. The summed E-state index contributed by atoms with van der Waals surface area (Å²) in [6.07, 6.45) is -0.805. The molecule has 2 N–H and O–H groups in total. The molecule has 3 aromatic rings. The zero-order valence-corrected chi connectivity index (χ0v) is 10.1. The predicted octanol–water partition coefficient (Wildman–Crippen LogP) is 1.86. The Hall–Kier alpha value is -2.91. The number of carbonyl (C=O) groups is 1. The first-order chi connectivity index (χ1) is 9.88. The number of aromatic carboxylic acids is 1. The Morgan fingerprint density at radius 1 is 1.24 bits per heavy atom. The van der Waals surface area contributed by atoms with Crippen molar-refractivity contribution < 1.29 is 23.1 Å². The summed E-state index contributed by atoms with van der Waals surface area (Å²) in [5.41, 5.74) is -1.53. The molecule has 0 unspecified atom stereocenters. The van der Waals surface area contributed by atoms with E-state index < -0.39 is 23.3 Å². The Kier molecular flexibility index (Phi) is 2.68. The number of halogens is 3. The van der Waals surface area contributed by atoms with E-state index in [-0.39, 0.29) is 11.5 Å². The third kappa shape index (κ3) is 2.10. The molecule has 108 valence electrons. The summed E-state index contributed by atoms with van der Waals surface area (Å²) < 4.78 is 39.6. The number of rotatable bonds is 2. The van der Waals surface area contributed by atoms with E-state index in [4.69, 9.17) is 5.11 Å². The molecule has 0 aliphatic rings. The van der Waals surface area contributed by atoms with Crippen molar-refractivity contribution >= 4 is 17.1 Å². The standard InChI is InChI=1S/C11H6F3N5O2/c12-11(13,14)6-2-19(1-5(6)10(20)21)9-7-8(16-3-15-7)17-4-18-9/h1-4H,(H,20,21)(H,15,16,17,18). The van der Waals surface area contributed by atoms with Gasteiger partial charge in [-0.05, 0) is 0 Å². The minimum absolute atomic E-state index is 0.0792. The van der Waals surface area contributed by atoms with Crippen LogP contribution in [0.1, 0.15) is 15.9 Å². The van der Waals surface area contributed by atoms with E-state index in [1.807, 2.05) is 0 Å². The number of nitrogens with one attached hydrogen (secondary N) is 1. The number of H-pyrrole nitrogens is 1. The van der Waals surface area contributed by atoms with Gasteiger partial charge in [-0.1, -0.05) is 0 Å². The first-order valence-corrected chi connectivity index (χ1v) is 5.55. The molecule has 21 heavy (non-hydrogen) atoms. The first kappa shape index (κ1) is 13.1. The molecule has 0 aliphatic carbocycles. The largest absolute Gasteiger partial charge is 0.478 e. The monoisotopic (exact) mass is 297 g/mol. The molecule has 10 heteroatoms. The van der Waals surface area contributed by atoms with Crippen molar-refractivity contribution in [2.45, 2.75) is 6.18 Å². The fourth-order valence-corrected chi connectivity index (χ4v) is 1.92. The summed E-state index contributed by atoms with van der Waals surface area (Å²) in [6, 6.07) is 0. The predicted molar refractivity (Wildman–Crippen MR) is 63.0 cm³/mol. The van der Waals surface area contributed by atoms with Crippen LogP contribution in [-0.2, 0) is 6.18 Å². The maximum atomic E-state index is 12.9. The summed E-state index contributed by atoms with van der Waals surface area (Å²) >= 11 is 0. The highest BCUT2D eigenvalue weighted by Crippen LogP contribution is 2.33. The second-order valence-corrected chi connectivity index (χ2v) is 4.09. The fraction of sp³-hybridized carbons (Fsp3) is 0.0909. The maximum Gasteiger partial charge on any atom is 0.418 e. The number of nitrogens with zero attached hydrogens (tertiary/aromatic N) is 4. The van der Waals surface area contributed by atoms with E-state index in [1.165, 1.54) is 6.33 Å². The van der Waals surface area contributed by atoms with Crippen LogP contribution in [0.25, 0.3) is 17.0 Å². The molecule has 0 saturated heterocycles. The van der Waals surface area contributed by atoms with Gasteiger partial charge < -0.3 is 14.7 Å². The molecular weight excluding hydrogens is 291 g/mol. The van der Waals surface area contributed by atoms with Gasteiger partial charge in [0, 0.05) is 12.4 Å². The summed E-state index contributed by atoms with van der Waals surface area (Å²) in [6.45, 7) is 0. The first-order valence-electron chi connectivity index (χ1n) is 5.55. The highest BCUT2D eigenvalue weighted by Gasteiger charge is 2.37. The van der Waals surface area contributed by atoms with Crippen LogP contribution in [0.5, 0.6) is 0 Å². The maximum absolute atomic E-state index is 12.9. The van der Waals surface area contributed by atoms with Gasteiger partial charge in [0.25, 0.3) is 0 Å². The molecule has 0 radical (unpaired) electrons. The molecule has 0 aliphatic heterocycles. The number of alkyl halides is 3. The summed E-state index contributed by atoms with van der Waals surface area (Å²) in [7, 11) is 0. The topological polar surface area (TPSA) is 96.7 Å². The smallest absolute Gasteiger partial charge is 0.418 e. The number of hydrogen-bond donors (Lipinski definition) is 2. The van der Waals surface area contributed by atoms with Crippen LogP contribution >= 0.6 is 0 Å². The minimum Gasteiger partial charge on any atom is -0.478 e. The van der Waals surface area contributed by atoms with E-state index in [0.29, 0.717) is 11.7 Å². The SMILES string of the molecule is O=C(O)c1cn(-c2ncnc3nc[nH]c23)cc1C(F)(F)F. The Bertz CT molecular complexity index is 836. The quantitative estimate of drug-likeness (QED) is 0.752. The van der Waals surface area contributed by atoms with E-state index in [0.717, 1.165) is 17.1 Å². The van der Waals surface area contributed by atoms with Gasteiger partial charge in [-0.25, -0.2) is 19.7 Å². The van der Waals surface area contributed by atoms with Crippen molar-refractivity contribution in [2.75, 3.05) is 0 Å². The van der Waals surface area contributed by atoms with E-state index in [1.54, 1.807) is 0 Å². The van der Waals surface area contributed by atoms with Gasteiger partial charge in [0.2, 0.25) is 0 Å². The fourth-order valence-electron chi connectivity index (χ4n) is 1.92. The van der Waals surface area contributed by atoms with Crippen LogP contribution in [0.15, 0.2) is 25.0 Å². The van der Waals surface area contributed by atoms with Gasteiger partial charge in [-0.2, -0.15) is 13.2 Å². The van der Waals surface area contributed by atoms with Gasteiger partial charge in [0.05, 0.1) is 17.5 Å². The van der Waals surface area contributed by atoms with Crippen molar-refractivity contribution in [3.8, 4) is 5.82 Å². The van der Waals surface area contributed by atoms with Crippen LogP contribution in [0, 0.1) is 0 Å².